The highest BCUT2D eigenvalue weighted by Gasteiger charge is 2.24. The minimum atomic E-state index is -0.0589. The lowest BCUT2D eigenvalue weighted by Gasteiger charge is -2.07. The summed E-state index contributed by atoms with van der Waals surface area (Å²) in [5, 5.41) is 19.8. The Kier molecular flexibility index (Phi) is 3.35. The van der Waals surface area contributed by atoms with Crippen LogP contribution in [0.5, 0.6) is 0 Å². The van der Waals surface area contributed by atoms with Crippen molar-refractivity contribution in [3.05, 3.63) is 5.51 Å². The molecule has 1 aliphatic carbocycles. The van der Waals surface area contributed by atoms with E-state index in [2.05, 4.69) is 21.6 Å². The predicted octanol–water partition coefficient (Wildman–Crippen LogP) is 1.27. The summed E-state index contributed by atoms with van der Waals surface area (Å²) in [7, 11) is 0. The van der Waals surface area contributed by atoms with Crippen LogP contribution in [0.25, 0.3) is 0 Å². The first kappa shape index (κ1) is 9.90. The van der Waals surface area contributed by atoms with Gasteiger partial charge in [-0.3, -0.25) is 5.32 Å². The molecule has 4 nitrogen and oxygen atoms in total. The van der Waals surface area contributed by atoms with Crippen molar-refractivity contribution < 1.29 is 0 Å². The Morgan fingerprint density at radius 2 is 2.64 bits per heavy atom. The zero-order chi connectivity index (χ0) is 9.80. The Morgan fingerprint density at radius 1 is 1.79 bits per heavy atom. The molecule has 1 aliphatic rings. The average Bonchev–Trinajstić information content (AvgIpc) is 2.86. The van der Waals surface area contributed by atoms with Crippen LogP contribution in [-0.2, 0) is 0 Å². The first-order valence-electron chi connectivity index (χ1n) is 4.43. The van der Waals surface area contributed by atoms with E-state index in [1.807, 2.05) is 0 Å². The summed E-state index contributed by atoms with van der Waals surface area (Å²) in [5.74, 6) is 0.752. The van der Waals surface area contributed by atoms with Gasteiger partial charge < -0.3 is 0 Å². The fraction of sp³-hybridized carbons (Fsp3) is 0.625. The molecule has 0 aliphatic heterocycles. The van der Waals surface area contributed by atoms with Crippen molar-refractivity contribution in [1.82, 2.24) is 15.5 Å². The van der Waals surface area contributed by atoms with Gasteiger partial charge in [-0.15, -0.1) is 10.2 Å². The highest BCUT2D eigenvalue weighted by molar-refractivity contribution is 8.01. The van der Waals surface area contributed by atoms with Gasteiger partial charge in [-0.1, -0.05) is 23.1 Å². The van der Waals surface area contributed by atoms with E-state index < -0.39 is 0 Å². The van der Waals surface area contributed by atoms with Gasteiger partial charge in [0.1, 0.15) is 11.6 Å². The zero-order valence-corrected chi connectivity index (χ0v) is 9.14. The fourth-order valence-electron chi connectivity index (χ4n) is 1.04. The highest BCUT2D eigenvalue weighted by atomic mass is 32.2. The van der Waals surface area contributed by atoms with Gasteiger partial charge >= 0.3 is 0 Å². The van der Waals surface area contributed by atoms with Gasteiger partial charge in [-0.2, -0.15) is 5.26 Å². The van der Waals surface area contributed by atoms with Crippen LogP contribution in [-0.4, -0.2) is 28.0 Å². The number of hydrogen-bond acceptors (Lipinski definition) is 6. The van der Waals surface area contributed by atoms with Gasteiger partial charge in [0.15, 0.2) is 4.34 Å². The van der Waals surface area contributed by atoms with Crippen molar-refractivity contribution in [3.8, 4) is 6.07 Å². The number of thioether (sulfide) groups is 1. The first-order valence-corrected chi connectivity index (χ1v) is 6.29. The van der Waals surface area contributed by atoms with E-state index in [9.17, 15) is 0 Å². The van der Waals surface area contributed by atoms with Crippen molar-refractivity contribution in [1.29, 1.82) is 5.26 Å². The molecule has 6 heteroatoms. The quantitative estimate of drug-likeness (QED) is 0.766. The summed E-state index contributed by atoms with van der Waals surface area (Å²) in [6.07, 6.45) is 2.42. The molecular formula is C8H10N4S2. The third-order valence-corrected chi connectivity index (χ3v) is 3.84. The molecule has 1 N–H and O–H groups in total. The van der Waals surface area contributed by atoms with Crippen LogP contribution in [0.4, 0.5) is 0 Å². The minimum Gasteiger partial charge on any atom is -0.298 e. The number of rotatable bonds is 5. The van der Waals surface area contributed by atoms with Crippen LogP contribution < -0.4 is 5.32 Å². The van der Waals surface area contributed by atoms with E-state index in [4.69, 9.17) is 5.26 Å². The Balaban J connectivity index is 1.74. The molecule has 0 aromatic carbocycles. The molecule has 1 aromatic rings. The lowest BCUT2D eigenvalue weighted by molar-refractivity contribution is 0.644. The van der Waals surface area contributed by atoms with Crippen LogP contribution in [0.2, 0.25) is 0 Å². The first-order chi connectivity index (χ1) is 6.88. The van der Waals surface area contributed by atoms with Crippen LogP contribution >= 0.6 is 23.1 Å². The lowest BCUT2D eigenvalue weighted by Crippen LogP contribution is -2.31. The van der Waals surface area contributed by atoms with E-state index in [0.717, 1.165) is 10.1 Å². The van der Waals surface area contributed by atoms with Crippen LogP contribution in [0.1, 0.15) is 12.8 Å². The number of nitrogens with one attached hydrogen (secondary N) is 1. The third-order valence-electron chi connectivity index (χ3n) is 1.88. The Morgan fingerprint density at radius 3 is 3.21 bits per heavy atom. The molecule has 1 saturated carbocycles. The molecule has 0 amide bonds. The summed E-state index contributed by atoms with van der Waals surface area (Å²) in [6.45, 7) is 0. The minimum absolute atomic E-state index is 0.0589. The van der Waals surface area contributed by atoms with E-state index in [0.29, 0.717) is 6.04 Å². The molecule has 1 atom stereocenters. The van der Waals surface area contributed by atoms with Crippen molar-refractivity contribution >= 4 is 23.1 Å². The normalized spacial score (nSPS) is 17.6. The van der Waals surface area contributed by atoms with Crippen molar-refractivity contribution in [3.63, 3.8) is 0 Å². The van der Waals surface area contributed by atoms with Crippen LogP contribution in [0.3, 0.4) is 0 Å². The molecule has 0 spiro atoms. The van der Waals surface area contributed by atoms with Crippen molar-refractivity contribution in [2.24, 2.45) is 0 Å². The monoisotopic (exact) mass is 226 g/mol. The van der Waals surface area contributed by atoms with E-state index in [1.165, 1.54) is 24.2 Å². The van der Waals surface area contributed by atoms with Crippen molar-refractivity contribution in [2.45, 2.75) is 29.3 Å². The Hall–Kier alpha value is -0.640. The second kappa shape index (κ2) is 4.73. The second-order valence-electron chi connectivity index (χ2n) is 3.14. The summed E-state index contributed by atoms with van der Waals surface area (Å²) in [5.41, 5.74) is 1.71. The second-order valence-corrected chi connectivity index (χ2v) is 5.24. The number of nitriles is 1. The summed E-state index contributed by atoms with van der Waals surface area (Å²) >= 11 is 3.10. The third kappa shape index (κ3) is 2.94. The Labute approximate surface area is 90.7 Å². The maximum absolute atomic E-state index is 8.87. The standard InChI is InChI=1S/C8H10N4S2/c9-3-7(11-6-1-2-6)4-13-8-12-10-5-14-8/h5-7,11H,1-2,4H2. The molecule has 2 rings (SSSR count). The van der Waals surface area contributed by atoms with Crippen LogP contribution in [0.15, 0.2) is 9.85 Å². The molecule has 14 heavy (non-hydrogen) atoms. The summed E-state index contributed by atoms with van der Waals surface area (Å²) < 4.78 is 0.933. The average molecular weight is 226 g/mol. The SMILES string of the molecule is N#CC(CSc1nncs1)NC1CC1. The highest BCUT2D eigenvalue weighted by Crippen LogP contribution is 2.23. The van der Waals surface area contributed by atoms with Gasteiger partial charge in [0.05, 0.1) is 6.07 Å². The summed E-state index contributed by atoms with van der Waals surface area (Å²) in [6, 6.07) is 2.78. The fourth-order valence-corrected chi connectivity index (χ4v) is 2.51. The van der Waals surface area contributed by atoms with Gasteiger partial charge in [0, 0.05) is 11.8 Å². The predicted molar refractivity (Wildman–Crippen MR) is 56.2 cm³/mol. The molecular weight excluding hydrogens is 216 g/mol. The molecule has 0 saturated heterocycles. The van der Waals surface area contributed by atoms with E-state index >= 15 is 0 Å². The maximum Gasteiger partial charge on any atom is 0.174 e. The van der Waals surface area contributed by atoms with Gasteiger partial charge in [0.25, 0.3) is 0 Å². The van der Waals surface area contributed by atoms with Gasteiger partial charge in [-0.25, -0.2) is 0 Å². The largest absolute Gasteiger partial charge is 0.298 e. The Bertz CT molecular complexity index is 315. The molecule has 1 fully saturated rings. The molecule has 0 bridgehead atoms. The van der Waals surface area contributed by atoms with Gasteiger partial charge in [0.2, 0.25) is 0 Å². The van der Waals surface area contributed by atoms with E-state index in [1.54, 1.807) is 17.3 Å². The van der Waals surface area contributed by atoms with Gasteiger partial charge in [-0.05, 0) is 12.8 Å². The molecule has 0 radical (unpaired) electrons. The molecule has 1 unspecified atom stereocenters. The van der Waals surface area contributed by atoms with E-state index in [-0.39, 0.29) is 6.04 Å². The number of hydrogen-bond donors (Lipinski definition) is 1. The van der Waals surface area contributed by atoms with Crippen LogP contribution in [0, 0.1) is 11.3 Å². The number of aromatic nitrogens is 2. The molecule has 1 aromatic heterocycles. The summed E-state index contributed by atoms with van der Waals surface area (Å²) in [4.78, 5) is 0. The smallest absolute Gasteiger partial charge is 0.174 e. The zero-order valence-electron chi connectivity index (χ0n) is 7.51. The maximum atomic E-state index is 8.87. The molecule has 74 valence electrons. The topological polar surface area (TPSA) is 61.6 Å². The van der Waals surface area contributed by atoms with Crippen molar-refractivity contribution in [2.75, 3.05) is 5.75 Å². The number of nitrogens with zero attached hydrogens (tertiary/aromatic N) is 3. The molecule has 1 heterocycles. The lowest BCUT2D eigenvalue weighted by atomic mass is 10.4.